The third-order valence-corrected chi connectivity index (χ3v) is 1.74. The molecule has 0 bridgehead atoms. The Morgan fingerprint density at radius 1 is 1.33 bits per heavy atom. The number of halogens is 2. The smallest absolute Gasteiger partial charge is 0.240 e. The molecule has 1 rings (SSSR count). The average molecular weight is 204 g/mol. The van der Waals surface area contributed by atoms with Gasteiger partial charge in [-0.05, 0) is 0 Å². The van der Waals surface area contributed by atoms with Crippen LogP contribution < -0.4 is 0 Å². The maximum Gasteiger partial charge on any atom is 0.240 e. The maximum atomic E-state index is 9.89. The van der Waals surface area contributed by atoms with E-state index in [1.165, 1.54) is 18.2 Å². The lowest BCUT2D eigenvalue weighted by Crippen LogP contribution is -1.72. The lowest BCUT2D eigenvalue weighted by molar-refractivity contribution is 0.475. The Labute approximate surface area is 78.3 Å². The van der Waals surface area contributed by atoms with E-state index in [4.69, 9.17) is 28.3 Å². The van der Waals surface area contributed by atoms with E-state index in [-0.39, 0.29) is 21.5 Å². The molecule has 0 aromatic heterocycles. The standard InChI is InChI=1S/C7H3Cl2NO2/c8-5-1-4(12)2-6(9)7(5)10-3-11/h1-2,12H. The summed E-state index contributed by atoms with van der Waals surface area (Å²) in [7, 11) is 0. The molecule has 0 aliphatic heterocycles. The molecular formula is C7H3Cl2NO2. The van der Waals surface area contributed by atoms with Gasteiger partial charge in [-0.25, -0.2) is 4.79 Å². The molecule has 0 saturated carbocycles. The summed E-state index contributed by atoms with van der Waals surface area (Å²) in [5.41, 5.74) is 0.117. The third kappa shape index (κ3) is 1.77. The number of phenolic OH excluding ortho intramolecular Hbond substituents is 1. The van der Waals surface area contributed by atoms with E-state index in [1.54, 1.807) is 0 Å². The molecule has 0 heterocycles. The molecule has 5 heteroatoms. The van der Waals surface area contributed by atoms with Crippen molar-refractivity contribution < 1.29 is 9.90 Å². The normalized spacial score (nSPS) is 9.17. The second kappa shape index (κ2) is 3.59. The quantitative estimate of drug-likeness (QED) is 0.564. The molecule has 1 aromatic carbocycles. The number of aromatic hydroxyl groups is 1. The van der Waals surface area contributed by atoms with Gasteiger partial charge in [0.25, 0.3) is 0 Å². The zero-order valence-electron chi connectivity index (χ0n) is 5.71. The number of hydrogen-bond acceptors (Lipinski definition) is 3. The van der Waals surface area contributed by atoms with Crippen LogP contribution >= 0.6 is 23.2 Å². The molecule has 0 aliphatic carbocycles. The van der Waals surface area contributed by atoms with E-state index < -0.39 is 0 Å². The van der Waals surface area contributed by atoms with Crippen LogP contribution in [0.1, 0.15) is 0 Å². The second-order valence-electron chi connectivity index (χ2n) is 1.96. The molecule has 0 fully saturated rings. The number of isocyanates is 1. The summed E-state index contributed by atoms with van der Waals surface area (Å²) in [4.78, 5) is 13.2. The van der Waals surface area contributed by atoms with Crippen molar-refractivity contribution in [3.05, 3.63) is 22.2 Å². The molecular weight excluding hydrogens is 201 g/mol. The zero-order valence-corrected chi connectivity index (χ0v) is 7.23. The highest BCUT2D eigenvalue weighted by molar-refractivity contribution is 6.39. The Kier molecular flexibility index (Phi) is 2.71. The second-order valence-corrected chi connectivity index (χ2v) is 2.78. The molecule has 12 heavy (non-hydrogen) atoms. The summed E-state index contributed by atoms with van der Waals surface area (Å²) in [6, 6.07) is 2.48. The van der Waals surface area contributed by atoms with Crippen molar-refractivity contribution in [2.24, 2.45) is 4.99 Å². The number of hydrogen-bond donors (Lipinski definition) is 1. The minimum atomic E-state index is -0.0742. The molecule has 0 radical (unpaired) electrons. The maximum absolute atomic E-state index is 9.89. The Balaban J connectivity index is 3.37. The van der Waals surface area contributed by atoms with Crippen molar-refractivity contribution in [2.45, 2.75) is 0 Å². The van der Waals surface area contributed by atoms with Crippen molar-refractivity contribution in [3.63, 3.8) is 0 Å². The highest BCUT2D eigenvalue weighted by atomic mass is 35.5. The van der Waals surface area contributed by atoms with Crippen molar-refractivity contribution in [2.75, 3.05) is 0 Å². The Morgan fingerprint density at radius 3 is 2.25 bits per heavy atom. The number of phenols is 1. The van der Waals surface area contributed by atoms with Gasteiger partial charge >= 0.3 is 0 Å². The van der Waals surface area contributed by atoms with Gasteiger partial charge in [0.1, 0.15) is 11.4 Å². The number of rotatable bonds is 1. The fourth-order valence-corrected chi connectivity index (χ4v) is 1.26. The first-order valence-electron chi connectivity index (χ1n) is 2.91. The predicted molar refractivity (Wildman–Crippen MR) is 45.9 cm³/mol. The first-order chi connectivity index (χ1) is 5.65. The molecule has 0 amide bonds. The topological polar surface area (TPSA) is 49.7 Å². The van der Waals surface area contributed by atoms with Crippen LogP contribution in [0.5, 0.6) is 5.75 Å². The van der Waals surface area contributed by atoms with Crippen molar-refractivity contribution in [3.8, 4) is 5.75 Å². The molecule has 0 spiro atoms. The van der Waals surface area contributed by atoms with Gasteiger partial charge in [-0.3, -0.25) is 0 Å². The number of aliphatic imine (C=N–C) groups is 1. The van der Waals surface area contributed by atoms with E-state index in [1.807, 2.05) is 0 Å². The number of benzene rings is 1. The molecule has 3 nitrogen and oxygen atoms in total. The fourth-order valence-electron chi connectivity index (χ4n) is 0.705. The largest absolute Gasteiger partial charge is 0.508 e. The van der Waals surface area contributed by atoms with E-state index in [0.717, 1.165) is 0 Å². The van der Waals surface area contributed by atoms with E-state index in [2.05, 4.69) is 4.99 Å². The summed E-state index contributed by atoms with van der Waals surface area (Å²) in [5.74, 6) is -0.0742. The van der Waals surface area contributed by atoms with Gasteiger partial charge in [0.05, 0.1) is 10.0 Å². The van der Waals surface area contributed by atoms with Crippen molar-refractivity contribution in [1.29, 1.82) is 0 Å². The summed E-state index contributed by atoms with van der Waals surface area (Å²) < 4.78 is 0. The van der Waals surface area contributed by atoms with Gasteiger partial charge in [-0.2, -0.15) is 4.99 Å². The number of carbonyl (C=O) groups excluding carboxylic acids is 1. The lowest BCUT2D eigenvalue weighted by atomic mass is 10.3. The van der Waals surface area contributed by atoms with Crippen LogP contribution in [0.2, 0.25) is 10.0 Å². The average Bonchev–Trinajstić information content (AvgIpc) is 1.96. The highest BCUT2D eigenvalue weighted by Gasteiger charge is 2.06. The van der Waals surface area contributed by atoms with Gasteiger partial charge in [0, 0.05) is 12.1 Å². The Hall–Kier alpha value is -1.02. The predicted octanol–water partition coefficient (Wildman–Crippen LogP) is 2.67. The summed E-state index contributed by atoms with van der Waals surface area (Å²) >= 11 is 11.2. The van der Waals surface area contributed by atoms with Crippen molar-refractivity contribution >= 4 is 35.0 Å². The third-order valence-electron chi connectivity index (χ3n) is 1.16. The molecule has 0 unspecified atom stereocenters. The molecule has 1 N–H and O–H groups in total. The van der Waals surface area contributed by atoms with Gasteiger partial charge in [0.15, 0.2) is 0 Å². The Morgan fingerprint density at radius 2 is 1.83 bits per heavy atom. The van der Waals surface area contributed by atoms with Crippen LogP contribution in [-0.4, -0.2) is 11.2 Å². The lowest BCUT2D eigenvalue weighted by Gasteiger charge is -1.99. The SMILES string of the molecule is O=C=Nc1c(Cl)cc(O)cc1Cl. The molecule has 0 atom stereocenters. The van der Waals surface area contributed by atoms with E-state index in [0.29, 0.717) is 0 Å². The van der Waals surface area contributed by atoms with Crippen LogP contribution in [0.25, 0.3) is 0 Å². The van der Waals surface area contributed by atoms with Gasteiger partial charge in [-0.1, -0.05) is 23.2 Å². The zero-order chi connectivity index (χ0) is 9.14. The number of nitrogens with zero attached hydrogens (tertiary/aromatic N) is 1. The van der Waals surface area contributed by atoms with Gasteiger partial charge in [0.2, 0.25) is 6.08 Å². The minimum Gasteiger partial charge on any atom is -0.508 e. The fraction of sp³-hybridized carbons (Fsp3) is 0. The summed E-state index contributed by atoms with van der Waals surface area (Å²) in [6.45, 7) is 0. The monoisotopic (exact) mass is 203 g/mol. The molecule has 0 aliphatic rings. The first kappa shape index (κ1) is 9.07. The summed E-state index contributed by atoms with van der Waals surface area (Å²) in [5, 5.41) is 9.21. The van der Waals surface area contributed by atoms with E-state index in [9.17, 15) is 4.79 Å². The molecule has 0 saturated heterocycles. The highest BCUT2D eigenvalue weighted by Crippen LogP contribution is 2.35. The van der Waals surface area contributed by atoms with Crippen LogP contribution in [0.3, 0.4) is 0 Å². The molecule has 1 aromatic rings. The van der Waals surface area contributed by atoms with Crippen LogP contribution in [-0.2, 0) is 4.79 Å². The van der Waals surface area contributed by atoms with Crippen LogP contribution in [0.15, 0.2) is 17.1 Å². The van der Waals surface area contributed by atoms with Gasteiger partial charge in [-0.15, -0.1) is 0 Å². The summed E-state index contributed by atoms with van der Waals surface area (Å²) in [6.07, 6.45) is 1.31. The van der Waals surface area contributed by atoms with E-state index >= 15 is 0 Å². The van der Waals surface area contributed by atoms with Crippen LogP contribution in [0.4, 0.5) is 5.69 Å². The van der Waals surface area contributed by atoms with Gasteiger partial charge < -0.3 is 5.11 Å². The first-order valence-corrected chi connectivity index (χ1v) is 3.66. The van der Waals surface area contributed by atoms with Crippen molar-refractivity contribution in [1.82, 2.24) is 0 Å². The minimum absolute atomic E-state index is 0.0742. The Bertz CT molecular complexity index is 335. The van der Waals surface area contributed by atoms with Crippen LogP contribution in [0, 0.1) is 0 Å². The molecule has 62 valence electrons.